The molecule has 0 spiro atoms. The van der Waals surface area contributed by atoms with Crippen molar-refractivity contribution in [2.75, 3.05) is 0 Å². The van der Waals surface area contributed by atoms with Gasteiger partial charge in [-0.15, -0.1) is 0 Å². The van der Waals surface area contributed by atoms with E-state index in [9.17, 15) is 4.79 Å². The van der Waals surface area contributed by atoms with E-state index in [1.807, 2.05) is 12.1 Å². The molecule has 2 aromatic carbocycles. The molecule has 0 saturated carbocycles. The van der Waals surface area contributed by atoms with E-state index in [2.05, 4.69) is 69.2 Å². The van der Waals surface area contributed by atoms with Gasteiger partial charge in [0, 0.05) is 11.1 Å². The van der Waals surface area contributed by atoms with Crippen molar-refractivity contribution in [1.82, 2.24) is 4.98 Å². The van der Waals surface area contributed by atoms with Gasteiger partial charge < -0.3 is 14.6 Å². The fourth-order valence-electron chi connectivity index (χ4n) is 3.79. The van der Waals surface area contributed by atoms with E-state index in [0.717, 1.165) is 31.2 Å². The third kappa shape index (κ3) is 7.64. The molecule has 0 radical (unpaired) electrons. The molecule has 1 unspecified atom stereocenters. The van der Waals surface area contributed by atoms with Crippen molar-refractivity contribution >= 4 is 14.2 Å². The predicted molar refractivity (Wildman–Crippen MR) is 145 cm³/mol. The van der Waals surface area contributed by atoms with Crippen molar-refractivity contribution in [3.05, 3.63) is 77.8 Å². The van der Waals surface area contributed by atoms with E-state index < -0.39 is 14.2 Å². The summed E-state index contributed by atoms with van der Waals surface area (Å²) in [5.74, 6) is 0.859. The van der Waals surface area contributed by atoms with Crippen LogP contribution in [-0.2, 0) is 10.8 Å². The lowest BCUT2D eigenvalue weighted by molar-refractivity contribution is 0.100. The molecule has 0 fully saturated rings. The molecule has 0 aliphatic carbocycles. The molecule has 6 heteroatoms. The van der Waals surface area contributed by atoms with Gasteiger partial charge in [0.1, 0.15) is 6.10 Å². The average molecular weight is 493 g/mol. The minimum Gasteiger partial charge on any atom is -0.438 e. The molecule has 0 aliphatic rings. The first-order valence-electron chi connectivity index (χ1n) is 12.6. The second-order valence-corrected chi connectivity index (χ2v) is 15.6. The van der Waals surface area contributed by atoms with E-state index in [-0.39, 0.29) is 11.1 Å². The highest BCUT2D eigenvalue weighted by molar-refractivity contribution is 6.74. The lowest BCUT2D eigenvalue weighted by Gasteiger charge is -2.38. The van der Waals surface area contributed by atoms with Crippen molar-refractivity contribution in [1.29, 1.82) is 0 Å². The number of amides is 1. The standard InChI is InChI=1S/C29H40N2O3Si/c1-29(2,3)35(4,5)34-25(16-12-7-6-9-13-22-14-10-8-11-15-22)28-31-21-26(33-28)23-17-19-24(20-18-23)27(30)32/h8,10-11,14-15,17-21,25H,6-7,9,12-13,16H2,1-5H3,(H2,30,32). The lowest BCUT2D eigenvalue weighted by Crippen LogP contribution is -2.41. The van der Waals surface area contributed by atoms with Crippen molar-refractivity contribution in [2.45, 2.75) is 83.5 Å². The largest absolute Gasteiger partial charge is 0.438 e. The zero-order valence-corrected chi connectivity index (χ0v) is 22.8. The van der Waals surface area contributed by atoms with E-state index >= 15 is 0 Å². The van der Waals surface area contributed by atoms with Crippen LogP contribution in [0.2, 0.25) is 18.1 Å². The molecule has 0 bridgehead atoms. The van der Waals surface area contributed by atoms with Crippen LogP contribution in [0, 0.1) is 0 Å². The number of carbonyl (C=O) groups excluding carboxylic acids is 1. The fourth-order valence-corrected chi connectivity index (χ4v) is 5.07. The maximum absolute atomic E-state index is 11.4. The Kier molecular flexibility index (Phi) is 9.08. The van der Waals surface area contributed by atoms with Gasteiger partial charge in [-0.05, 0) is 55.1 Å². The van der Waals surface area contributed by atoms with Crippen LogP contribution in [0.3, 0.4) is 0 Å². The van der Waals surface area contributed by atoms with Gasteiger partial charge >= 0.3 is 0 Å². The number of nitrogens with two attached hydrogens (primary N) is 1. The first-order valence-corrected chi connectivity index (χ1v) is 15.6. The quantitative estimate of drug-likeness (QED) is 0.207. The third-order valence-electron chi connectivity index (χ3n) is 7.02. The summed E-state index contributed by atoms with van der Waals surface area (Å²) in [4.78, 5) is 16.0. The van der Waals surface area contributed by atoms with Crippen LogP contribution < -0.4 is 5.73 Å². The Hall–Kier alpha value is -2.70. The zero-order chi connectivity index (χ0) is 25.5. The Labute approximate surface area is 211 Å². The second kappa shape index (κ2) is 11.8. The number of oxazole rings is 1. The molecular formula is C29H40N2O3Si. The third-order valence-corrected chi connectivity index (χ3v) is 11.5. The van der Waals surface area contributed by atoms with E-state index in [1.165, 1.54) is 18.4 Å². The summed E-state index contributed by atoms with van der Waals surface area (Å²) in [6.07, 6.45) is 8.22. The molecule has 2 N–H and O–H groups in total. The van der Waals surface area contributed by atoms with Crippen LogP contribution in [0.5, 0.6) is 0 Å². The van der Waals surface area contributed by atoms with Crippen LogP contribution in [0.1, 0.15) is 80.8 Å². The molecule has 0 saturated heterocycles. The normalized spacial score (nSPS) is 13.1. The van der Waals surface area contributed by atoms with Crippen molar-refractivity contribution < 1.29 is 13.6 Å². The predicted octanol–water partition coefficient (Wildman–Crippen LogP) is 7.70. The molecule has 1 amide bonds. The molecule has 1 atom stereocenters. The van der Waals surface area contributed by atoms with Gasteiger partial charge in [-0.2, -0.15) is 0 Å². The second-order valence-electron chi connectivity index (χ2n) is 10.8. The molecule has 1 aromatic heterocycles. The summed E-state index contributed by atoms with van der Waals surface area (Å²) in [6, 6.07) is 17.8. The van der Waals surface area contributed by atoms with E-state index in [1.54, 1.807) is 18.3 Å². The molecule has 3 aromatic rings. The fraction of sp³-hybridized carbons (Fsp3) is 0.448. The topological polar surface area (TPSA) is 78.4 Å². The first-order chi connectivity index (χ1) is 16.6. The summed E-state index contributed by atoms with van der Waals surface area (Å²) in [6.45, 7) is 11.3. The Balaban J connectivity index is 1.65. The highest BCUT2D eigenvalue weighted by Gasteiger charge is 2.40. The minimum absolute atomic E-state index is 0.0982. The molecule has 0 aliphatic heterocycles. The summed E-state index contributed by atoms with van der Waals surface area (Å²) in [7, 11) is -2.01. The smallest absolute Gasteiger partial charge is 0.248 e. The molecule has 3 rings (SSSR count). The van der Waals surface area contributed by atoms with Gasteiger partial charge in [0.25, 0.3) is 0 Å². The Morgan fingerprint density at radius 1 is 1.00 bits per heavy atom. The molecular weight excluding hydrogens is 452 g/mol. The van der Waals surface area contributed by atoms with E-state index in [0.29, 0.717) is 17.2 Å². The number of unbranched alkanes of at least 4 members (excludes halogenated alkanes) is 3. The van der Waals surface area contributed by atoms with E-state index in [4.69, 9.17) is 14.6 Å². The van der Waals surface area contributed by atoms with Crippen LogP contribution in [0.15, 0.2) is 65.2 Å². The van der Waals surface area contributed by atoms with Crippen LogP contribution in [-0.4, -0.2) is 19.2 Å². The van der Waals surface area contributed by atoms with Gasteiger partial charge in [0.2, 0.25) is 11.8 Å². The summed E-state index contributed by atoms with van der Waals surface area (Å²) in [5, 5.41) is 0.0982. The Bertz CT molecular complexity index is 1070. The van der Waals surface area contributed by atoms with Crippen LogP contribution in [0.25, 0.3) is 11.3 Å². The lowest BCUT2D eigenvalue weighted by atomic mass is 10.0. The number of hydrogen-bond acceptors (Lipinski definition) is 4. The number of nitrogens with zero attached hydrogens (tertiary/aromatic N) is 1. The van der Waals surface area contributed by atoms with Gasteiger partial charge in [0.05, 0.1) is 6.20 Å². The van der Waals surface area contributed by atoms with Crippen molar-refractivity contribution in [2.24, 2.45) is 5.73 Å². The molecule has 188 valence electrons. The number of rotatable bonds is 12. The highest BCUT2D eigenvalue weighted by Crippen LogP contribution is 2.41. The van der Waals surface area contributed by atoms with Crippen molar-refractivity contribution in [3.63, 3.8) is 0 Å². The number of carbonyl (C=O) groups is 1. The number of hydrogen-bond donors (Lipinski definition) is 1. The zero-order valence-electron chi connectivity index (χ0n) is 21.8. The Morgan fingerprint density at radius 2 is 1.66 bits per heavy atom. The SMILES string of the molecule is CC(C)(C)[Si](C)(C)OC(CCCCCCc1ccccc1)c1ncc(-c2ccc(C(N)=O)cc2)o1. The average Bonchev–Trinajstić information content (AvgIpc) is 3.31. The monoisotopic (exact) mass is 492 g/mol. The number of aryl methyl sites for hydroxylation is 1. The molecule has 1 heterocycles. The minimum atomic E-state index is -2.01. The number of benzene rings is 2. The van der Waals surface area contributed by atoms with Crippen LogP contribution in [0.4, 0.5) is 0 Å². The molecule has 35 heavy (non-hydrogen) atoms. The highest BCUT2D eigenvalue weighted by atomic mass is 28.4. The Morgan fingerprint density at radius 3 is 2.29 bits per heavy atom. The van der Waals surface area contributed by atoms with Crippen molar-refractivity contribution in [3.8, 4) is 11.3 Å². The summed E-state index contributed by atoms with van der Waals surface area (Å²) >= 11 is 0. The van der Waals surface area contributed by atoms with Gasteiger partial charge in [0.15, 0.2) is 14.1 Å². The maximum atomic E-state index is 11.4. The summed E-state index contributed by atoms with van der Waals surface area (Å²) < 4.78 is 13.0. The van der Waals surface area contributed by atoms with Gasteiger partial charge in [-0.25, -0.2) is 4.98 Å². The van der Waals surface area contributed by atoms with Gasteiger partial charge in [-0.1, -0.05) is 82.5 Å². The first kappa shape index (κ1) is 26.9. The van der Waals surface area contributed by atoms with Crippen LogP contribution >= 0.6 is 0 Å². The number of aromatic nitrogens is 1. The number of primary amides is 1. The van der Waals surface area contributed by atoms with Gasteiger partial charge in [-0.3, -0.25) is 4.79 Å². The summed E-state index contributed by atoms with van der Waals surface area (Å²) in [5.41, 5.74) is 8.10. The molecule has 5 nitrogen and oxygen atoms in total. The maximum Gasteiger partial charge on any atom is 0.248 e.